The summed E-state index contributed by atoms with van der Waals surface area (Å²) in [5.74, 6) is 1.19. The maximum absolute atomic E-state index is 10.0. The summed E-state index contributed by atoms with van der Waals surface area (Å²) in [7, 11) is 2.30. The number of likely N-dealkylation sites (N-methyl/N-ethyl adjacent to an activating group) is 1. The molecule has 1 heterocycles. The fourth-order valence-electron chi connectivity index (χ4n) is 5.14. The number of phenols is 1. The molecular weight excluding hydrogens is 294 g/mol. The molecule has 3 heteroatoms. The average Bonchev–Trinajstić information content (AvgIpc) is 2.46. The molecular formula is C19H30ClNO. The minimum atomic E-state index is 0. The van der Waals surface area contributed by atoms with Gasteiger partial charge in [-0.2, -0.15) is 0 Å². The highest BCUT2D eigenvalue weighted by atomic mass is 35.5. The highest BCUT2D eigenvalue weighted by Gasteiger charge is 2.51. The van der Waals surface area contributed by atoms with Gasteiger partial charge in [0.15, 0.2) is 0 Å². The quantitative estimate of drug-likeness (QED) is 0.880. The van der Waals surface area contributed by atoms with Crippen LogP contribution in [0.5, 0.6) is 5.75 Å². The van der Waals surface area contributed by atoms with E-state index in [4.69, 9.17) is 0 Å². The second-order valence-electron chi connectivity index (χ2n) is 7.14. The molecule has 2 nitrogen and oxygen atoms in total. The van der Waals surface area contributed by atoms with Crippen molar-refractivity contribution in [2.75, 3.05) is 13.6 Å². The van der Waals surface area contributed by atoms with Crippen molar-refractivity contribution in [3.05, 3.63) is 29.3 Å². The molecule has 124 valence electrons. The first-order valence-electron chi connectivity index (χ1n) is 8.65. The van der Waals surface area contributed by atoms with Gasteiger partial charge in [-0.15, -0.1) is 12.4 Å². The molecule has 0 spiro atoms. The lowest BCUT2D eigenvalue weighted by Crippen LogP contribution is -2.58. The molecule has 1 saturated heterocycles. The molecule has 1 aromatic rings. The number of fused-ring (bicyclic) bond motifs is 4. The van der Waals surface area contributed by atoms with E-state index in [1.54, 1.807) is 0 Å². The number of hydrogen-bond donors (Lipinski definition) is 1. The molecule has 2 aliphatic rings. The van der Waals surface area contributed by atoms with E-state index in [1.165, 1.54) is 49.8 Å². The Labute approximate surface area is 141 Å². The summed E-state index contributed by atoms with van der Waals surface area (Å²) in [4.78, 5) is 2.59. The summed E-state index contributed by atoms with van der Waals surface area (Å²) in [6, 6.07) is 6.80. The second-order valence-corrected chi connectivity index (χ2v) is 7.14. The van der Waals surface area contributed by atoms with Crippen molar-refractivity contribution in [3.8, 4) is 5.75 Å². The van der Waals surface area contributed by atoms with E-state index >= 15 is 0 Å². The van der Waals surface area contributed by atoms with E-state index in [1.807, 2.05) is 6.07 Å². The van der Waals surface area contributed by atoms with Gasteiger partial charge in [0.05, 0.1) is 0 Å². The molecule has 3 atom stereocenters. The molecule has 1 aromatic carbocycles. The van der Waals surface area contributed by atoms with Gasteiger partial charge in [0.2, 0.25) is 0 Å². The lowest BCUT2D eigenvalue weighted by atomic mass is 9.54. The van der Waals surface area contributed by atoms with Crippen LogP contribution in [0.2, 0.25) is 0 Å². The Morgan fingerprint density at radius 2 is 2.05 bits per heavy atom. The molecule has 0 aromatic heterocycles. The number of rotatable bonds is 4. The van der Waals surface area contributed by atoms with Crippen molar-refractivity contribution in [3.63, 3.8) is 0 Å². The van der Waals surface area contributed by atoms with Crippen molar-refractivity contribution in [1.82, 2.24) is 4.90 Å². The van der Waals surface area contributed by atoms with Crippen molar-refractivity contribution < 1.29 is 5.11 Å². The molecule has 1 aliphatic carbocycles. The lowest BCUT2D eigenvalue weighted by Gasteiger charge is -2.56. The predicted octanol–water partition coefficient (Wildman–Crippen LogP) is 4.53. The molecule has 0 radical (unpaired) electrons. The third kappa shape index (κ3) is 2.65. The Balaban J connectivity index is 0.00000176. The summed E-state index contributed by atoms with van der Waals surface area (Å²) >= 11 is 0. The topological polar surface area (TPSA) is 23.5 Å². The SMILES string of the molecule is CCCC1C2Cc3ccc(O)cc3C1(CCC)CCN2C.Cl. The average molecular weight is 324 g/mol. The third-order valence-corrected chi connectivity index (χ3v) is 6.01. The molecule has 2 bridgehead atoms. The highest BCUT2D eigenvalue weighted by molar-refractivity contribution is 5.85. The van der Waals surface area contributed by atoms with Crippen LogP contribution in [-0.4, -0.2) is 29.6 Å². The van der Waals surface area contributed by atoms with E-state index in [-0.39, 0.29) is 12.4 Å². The zero-order chi connectivity index (χ0) is 15.0. The van der Waals surface area contributed by atoms with Crippen molar-refractivity contribution in [2.24, 2.45) is 5.92 Å². The zero-order valence-corrected chi connectivity index (χ0v) is 15.0. The van der Waals surface area contributed by atoms with Crippen LogP contribution in [-0.2, 0) is 11.8 Å². The number of halogens is 1. The fourth-order valence-corrected chi connectivity index (χ4v) is 5.14. The van der Waals surface area contributed by atoms with Crippen molar-refractivity contribution >= 4 is 12.4 Å². The van der Waals surface area contributed by atoms with Crippen LogP contribution >= 0.6 is 12.4 Å². The van der Waals surface area contributed by atoms with E-state index < -0.39 is 0 Å². The smallest absolute Gasteiger partial charge is 0.115 e. The largest absolute Gasteiger partial charge is 0.508 e. The first-order chi connectivity index (χ1) is 10.1. The van der Waals surface area contributed by atoms with E-state index in [0.717, 1.165) is 12.3 Å². The Morgan fingerprint density at radius 1 is 1.27 bits per heavy atom. The number of piperidine rings is 1. The summed E-state index contributed by atoms with van der Waals surface area (Å²) in [5.41, 5.74) is 3.24. The molecule has 3 unspecified atom stereocenters. The molecule has 0 saturated carbocycles. The van der Waals surface area contributed by atoms with Crippen LogP contribution in [0.25, 0.3) is 0 Å². The fraction of sp³-hybridized carbons (Fsp3) is 0.684. The Morgan fingerprint density at radius 3 is 2.73 bits per heavy atom. The Kier molecular flexibility index (Phi) is 5.45. The van der Waals surface area contributed by atoms with Gasteiger partial charge in [-0.05, 0) is 68.5 Å². The van der Waals surface area contributed by atoms with Gasteiger partial charge in [0.1, 0.15) is 5.75 Å². The number of likely N-dealkylation sites (tertiary alicyclic amines) is 1. The normalized spacial score (nSPS) is 30.5. The molecule has 1 aliphatic heterocycles. The minimum absolute atomic E-state index is 0. The Hall–Kier alpha value is -0.730. The minimum Gasteiger partial charge on any atom is -0.508 e. The van der Waals surface area contributed by atoms with Crippen LogP contribution in [0.1, 0.15) is 57.1 Å². The second kappa shape index (κ2) is 6.80. The summed E-state index contributed by atoms with van der Waals surface area (Å²) in [6.07, 6.45) is 7.46. The molecule has 22 heavy (non-hydrogen) atoms. The van der Waals surface area contributed by atoms with Gasteiger partial charge < -0.3 is 10.0 Å². The number of aromatic hydroxyl groups is 1. The summed E-state index contributed by atoms with van der Waals surface area (Å²) < 4.78 is 0. The molecule has 3 rings (SSSR count). The maximum atomic E-state index is 10.0. The number of hydrogen-bond acceptors (Lipinski definition) is 2. The van der Waals surface area contributed by atoms with E-state index in [9.17, 15) is 5.11 Å². The number of benzene rings is 1. The van der Waals surface area contributed by atoms with E-state index in [2.05, 4.69) is 37.9 Å². The van der Waals surface area contributed by atoms with Crippen LogP contribution in [0.15, 0.2) is 18.2 Å². The standard InChI is InChI=1S/C19H29NO.ClH/c1-4-6-16-18-12-14-7-8-15(21)13-17(14)19(16,9-5-2)10-11-20(18)3;/h7-8,13,16,18,21H,4-6,9-12H2,1-3H3;1H. The first kappa shape index (κ1) is 17.6. The molecule has 1 fully saturated rings. The maximum Gasteiger partial charge on any atom is 0.115 e. The highest BCUT2D eigenvalue weighted by Crippen LogP contribution is 2.53. The molecule has 0 amide bonds. The third-order valence-electron chi connectivity index (χ3n) is 6.01. The molecule has 1 N–H and O–H groups in total. The van der Waals surface area contributed by atoms with Crippen LogP contribution in [0.3, 0.4) is 0 Å². The van der Waals surface area contributed by atoms with Gasteiger partial charge in [-0.1, -0.05) is 32.8 Å². The van der Waals surface area contributed by atoms with Crippen molar-refractivity contribution in [2.45, 2.75) is 63.8 Å². The monoisotopic (exact) mass is 323 g/mol. The van der Waals surface area contributed by atoms with Crippen molar-refractivity contribution in [1.29, 1.82) is 0 Å². The summed E-state index contributed by atoms with van der Waals surface area (Å²) in [6.45, 7) is 5.81. The predicted molar refractivity (Wildman–Crippen MR) is 95.1 cm³/mol. The summed E-state index contributed by atoms with van der Waals surface area (Å²) in [5, 5.41) is 10.0. The van der Waals surface area contributed by atoms with Gasteiger partial charge in [0.25, 0.3) is 0 Å². The van der Waals surface area contributed by atoms with E-state index in [0.29, 0.717) is 17.2 Å². The Bertz CT molecular complexity index is 518. The van der Waals surface area contributed by atoms with Gasteiger partial charge in [0, 0.05) is 11.5 Å². The van der Waals surface area contributed by atoms with Crippen LogP contribution in [0.4, 0.5) is 0 Å². The van der Waals surface area contributed by atoms with Gasteiger partial charge in [-0.25, -0.2) is 0 Å². The number of phenolic OH excluding ortho intramolecular Hbond substituents is 1. The number of nitrogens with zero attached hydrogens (tertiary/aromatic N) is 1. The van der Waals surface area contributed by atoms with Gasteiger partial charge >= 0.3 is 0 Å². The first-order valence-corrected chi connectivity index (χ1v) is 8.65. The van der Waals surface area contributed by atoms with Crippen LogP contribution < -0.4 is 0 Å². The zero-order valence-electron chi connectivity index (χ0n) is 14.1. The van der Waals surface area contributed by atoms with Crippen LogP contribution in [0, 0.1) is 5.92 Å². The lowest BCUT2D eigenvalue weighted by molar-refractivity contribution is 0.0197. The van der Waals surface area contributed by atoms with Gasteiger partial charge in [-0.3, -0.25) is 0 Å².